The summed E-state index contributed by atoms with van der Waals surface area (Å²) in [6.45, 7) is 0.767. The Balaban J connectivity index is 1.90. The van der Waals surface area contributed by atoms with Gasteiger partial charge in [0.2, 0.25) is 0 Å². The summed E-state index contributed by atoms with van der Waals surface area (Å²) in [7, 11) is 0. The smallest absolute Gasteiger partial charge is 0.307 e. The molecule has 0 amide bonds. The van der Waals surface area contributed by atoms with E-state index in [4.69, 9.17) is 9.84 Å². The van der Waals surface area contributed by atoms with Crippen molar-refractivity contribution in [3.05, 3.63) is 42.1 Å². The molecule has 1 atom stereocenters. The van der Waals surface area contributed by atoms with Gasteiger partial charge in [0.05, 0.1) is 12.1 Å². The predicted molar refractivity (Wildman–Crippen MR) is 77.8 cm³/mol. The zero-order chi connectivity index (χ0) is 14.7. The lowest BCUT2D eigenvalue weighted by atomic mass is 10.1. The minimum Gasteiger partial charge on any atom is -0.481 e. The zero-order valence-corrected chi connectivity index (χ0v) is 11.7. The van der Waals surface area contributed by atoms with E-state index in [1.807, 2.05) is 35.0 Å². The highest BCUT2D eigenvalue weighted by atomic mass is 16.5. The fourth-order valence-electron chi connectivity index (χ4n) is 2.70. The molecule has 1 aliphatic heterocycles. The summed E-state index contributed by atoms with van der Waals surface area (Å²) >= 11 is 0. The van der Waals surface area contributed by atoms with Gasteiger partial charge in [-0.25, -0.2) is 4.68 Å². The number of nitrogens with zero attached hydrogens (tertiary/aromatic N) is 2. The summed E-state index contributed by atoms with van der Waals surface area (Å²) in [5.74, 6) is -0.823. The summed E-state index contributed by atoms with van der Waals surface area (Å²) in [5, 5.41) is 13.3. The molecule has 1 aromatic heterocycles. The Morgan fingerprint density at radius 3 is 3.05 bits per heavy atom. The normalized spacial score (nSPS) is 18.6. The number of carbonyl (C=O) groups is 1. The number of carboxylic acid groups (broad SMARTS) is 1. The zero-order valence-electron chi connectivity index (χ0n) is 11.7. The van der Waals surface area contributed by atoms with Crippen LogP contribution in [0.15, 0.2) is 36.5 Å². The summed E-state index contributed by atoms with van der Waals surface area (Å²) in [6, 6.07) is 9.53. The lowest BCUT2D eigenvalue weighted by Crippen LogP contribution is -2.19. The van der Waals surface area contributed by atoms with Crippen molar-refractivity contribution in [1.82, 2.24) is 9.78 Å². The minimum atomic E-state index is -0.823. The van der Waals surface area contributed by atoms with Gasteiger partial charge in [-0.1, -0.05) is 18.2 Å². The van der Waals surface area contributed by atoms with Gasteiger partial charge < -0.3 is 9.84 Å². The van der Waals surface area contributed by atoms with Crippen LogP contribution in [0.5, 0.6) is 0 Å². The average molecular weight is 286 g/mol. The second-order valence-electron chi connectivity index (χ2n) is 5.25. The monoisotopic (exact) mass is 286 g/mol. The summed E-state index contributed by atoms with van der Waals surface area (Å²) < 4.78 is 7.69. The largest absolute Gasteiger partial charge is 0.481 e. The molecule has 1 saturated heterocycles. The highest BCUT2D eigenvalue weighted by molar-refractivity contribution is 5.71. The van der Waals surface area contributed by atoms with Crippen molar-refractivity contribution in [2.75, 3.05) is 6.61 Å². The second-order valence-corrected chi connectivity index (χ2v) is 5.25. The molecule has 21 heavy (non-hydrogen) atoms. The molecule has 0 radical (unpaired) electrons. The topological polar surface area (TPSA) is 64.3 Å². The summed E-state index contributed by atoms with van der Waals surface area (Å²) in [5.41, 5.74) is 2.73. The first-order chi connectivity index (χ1) is 10.2. The molecule has 2 aromatic rings. The minimum absolute atomic E-state index is 0.0214. The first-order valence-corrected chi connectivity index (χ1v) is 7.20. The molecule has 1 fully saturated rings. The van der Waals surface area contributed by atoms with E-state index < -0.39 is 5.97 Å². The molecule has 3 rings (SSSR count). The molecule has 0 aliphatic carbocycles. The number of carboxylic acids is 1. The van der Waals surface area contributed by atoms with E-state index in [0.717, 1.165) is 42.7 Å². The predicted octanol–water partition coefficient (Wildman–Crippen LogP) is 2.88. The quantitative estimate of drug-likeness (QED) is 0.938. The third-order valence-electron chi connectivity index (χ3n) is 3.68. The van der Waals surface area contributed by atoms with Crippen LogP contribution in [0.1, 0.15) is 31.1 Å². The molecule has 1 N–H and O–H groups in total. The Morgan fingerprint density at radius 1 is 1.38 bits per heavy atom. The molecular formula is C16H18N2O3. The van der Waals surface area contributed by atoms with E-state index in [1.165, 1.54) is 0 Å². The Kier molecular flexibility index (Phi) is 4.01. The Morgan fingerprint density at radius 2 is 2.29 bits per heavy atom. The second kappa shape index (κ2) is 6.10. The van der Waals surface area contributed by atoms with Crippen molar-refractivity contribution in [1.29, 1.82) is 0 Å². The van der Waals surface area contributed by atoms with Crippen LogP contribution in [-0.2, 0) is 16.0 Å². The van der Waals surface area contributed by atoms with Crippen LogP contribution in [0.2, 0.25) is 0 Å². The van der Waals surface area contributed by atoms with Crippen molar-refractivity contribution in [3.8, 4) is 11.3 Å². The number of aromatic nitrogens is 2. The van der Waals surface area contributed by atoms with Crippen LogP contribution in [0, 0.1) is 0 Å². The first-order valence-electron chi connectivity index (χ1n) is 7.20. The van der Waals surface area contributed by atoms with Crippen molar-refractivity contribution in [2.24, 2.45) is 0 Å². The highest BCUT2D eigenvalue weighted by Crippen LogP contribution is 2.28. The molecular weight excluding hydrogens is 268 g/mol. The fourth-order valence-corrected chi connectivity index (χ4v) is 2.70. The maximum Gasteiger partial charge on any atom is 0.307 e. The van der Waals surface area contributed by atoms with Gasteiger partial charge in [-0.15, -0.1) is 0 Å². The Bertz CT molecular complexity index is 630. The van der Waals surface area contributed by atoms with E-state index in [1.54, 1.807) is 6.20 Å². The molecule has 1 unspecified atom stereocenters. The molecule has 2 heterocycles. The molecule has 110 valence electrons. The Labute approximate surface area is 123 Å². The molecule has 5 nitrogen and oxygen atoms in total. The molecule has 0 spiro atoms. The van der Waals surface area contributed by atoms with Gasteiger partial charge in [0.25, 0.3) is 0 Å². The highest BCUT2D eigenvalue weighted by Gasteiger charge is 2.19. The van der Waals surface area contributed by atoms with Gasteiger partial charge in [-0.2, -0.15) is 5.10 Å². The third kappa shape index (κ3) is 3.13. The number of rotatable bonds is 4. The van der Waals surface area contributed by atoms with Gasteiger partial charge in [-0.05, 0) is 37.0 Å². The number of hydrogen-bond acceptors (Lipinski definition) is 3. The standard InChI is InChI=1S/C16H18N2O3/c19-16(20)11-12-4-3-5-13(10-12)14-7-8-17-18(14)15-6-1-2-9-21-15/h3-5,7-8,10,15H,1-2,6,9,11H2,(H,19,20). The fraction of sp³-hybridized carbons (Fsp3) is 0.375. The maximum absolute atomic E-state index is 10.8. The van der Waals surface area contributed by atoms with Gasteiger partial charge in [0.15, 0.2) is 6.23 Å². The number of aliphatic carboxylic acids is 1. The lowest BCUT2D eigenvalue weighted by Gasteiger charge is -2.24. The molecule has 0 bridgehead atoms. The van der Waals surface area contributed by atoms with Gasteiger partial charge in [-0.3, -0.25) is 4.79 Å². The van der Waals surface area contributed by atoms with Crippen molar-refractivity contribution in [3.63, 3.8) is 0 Å². The number of ether oxygens (including phenoxy) is 1. The number of benzene rings is 1. The van der Waals surface area contributed by atoms with Crippen molar-refractivity contribution in [2.45, 2.75) is 31.9 Å². The van der Waals surface area contributed by atoms with Crippen LogP contribution in [0.3, 0.4) is 0 Å². The third-order valence-corrected chi connectivity index (χ3v) is 3.68. The van der Waals surface area contributed by atoms with Gasteiger partial charge in [0, 0.05) is 18.4 Å². The van der Waals surface area contributed by atoms with E-state index in [0.29, 0.717) is 0 Å². The SMILES string of the molecule is O=C(O)Cc1cccc(-c2ccnn2C2CCCCO2)c1. The van der Waals surface area contributed by atoms with Crippen LogP contribution >= 0.6 is 0 Å². The molecule has 0 saturated carbocycles. The van der Waals surface area contributed by atoms with E-state index in [2.05, 4.69) is 5.10 Å². The van der Waals surface area contributed by atoms with Crippen molar-refractivity contribution < 1.29 is 14.6 Å². The van der Waals surface area contributed by atoms with Crippen molar-refractivity contribution >= 4 is 5.97 Å². The number of hydrogen-bond donors (Lipinski definition) is 1. The average Bonchev–Trinajstić information content (AvgIpc) is 2.97. The summed E-state index contributed by atoms with van der Waals surface area (Å²) in [6.07, 6.45) is 4.97. The van der Waals surface area contributed by atoms with E-state index in [-0.39, 0.29) is 12.6 Å². The Hall–Kier alpha value is -2.14. The van der Waals surface area contributed by atoms with Crippen LogP contribution < -0.4 is 0 Å². The van der Waals surface area contributed by atoms with Crippen LogP contribution in [-0.4, -0.2) is 27.5 Å². The molecule has 5 heteroatoms. The van der Waals surface area contributed by atoms with Gasteiger partial charge >= 0.3 is 5.97 Å². The first kappa shape index (κ1) is 13.8. The molecule has 1 aromatic carbocycles. The lowest BCUT2D eigenvalue weighted by molar-refractivity contribution is -0.136. The summed E-state index contributed by atoms with van der Waals surface area (Å²) in [4.78, 5) is 10.8. The van der Waals surface area contributed by atoms with Crippen LogP contribution in [0.25, 0.3) is 11.3 Å². The van der Waals surface area contributed by atoms with E-state index in [9.17, 15) is 4.79 Å². The van der Waals surface area contributed by atoms with Crippen LogP contribution in [0.4, 0.5) is 0 Å². The van der Waals surface area contributed by atoms with E-state index >= 15 is 0 Å². The maximum atomic E-state index is 10.8. The van der Waals surface area contributed by atoms with Gasteiger partial charge in [0.1, 0.15) is 0 Å². The molecule has 1 aliphatic rings.